The number of nitrogens with zero attached hydrogens (tertiary/aromatic N) is 1. The van der Waals surface area contributed by atoms with Crippen LogP contribution in [-0.2, 0) is 16.4 Å². The number of sulfone groups is 1. The number of guanidine groups is 1. The Morgan fingerprint density at radius 1 is 1.15 bits per heavy atom. The van der Waals surface area contributed by atoms with E-state index in [0.717, 1.165) is 24.4 Å². The Morgan fingerprint density at radius 3 is 2.46 bits per heavy atom. The minimum absolute atomic E-state index is 0. The molecule has 8 heteroatoms. The Hall–Kier alpha value is -0.900. The van der Waals surface area contributed by atoms with Crippen molar-refractivity contribution < 1.29 is 12.8 Å². The van der Waals surface area contributed by atoms with E-state index in [1.807, 2.05) is 0 Å². The lowest BCUT2D eigenvalue weighted by Crippen LogP contribution is -2.44. The van der Waals surface area contributed by atoms with Crippen LogP contribution in [-0.4, -0.2) is 38.5 Å². The van der Waals surface area contributed by atoms with Crippen molar-refractivity contribution in [2.24, 2.45) is 10.9 Å². The van der Waals surface area contributed by atoms with Crippen molar-refractivity contribution >= 4 is 39.8 Å². The molecule has 1 aliphatic carbocycles. The maximum atomic E-state index is 13.0. The number of benzene rings is 1. The monoisotopic (exact) mass is 495 g/mol. The van der Waals surface area contributed by atoms with E-state index < -0.39 is 9.84 Å². The molecular formula is C18H27FIN3O2S. The van der Waals surface area contributed by atoms with Crippen LogP contribution < -0.4 is 10.6 Å². The first-order chi connectivity index (χ1) is 12.0. The predicted molar refractivity (Wildman–Crippen MR) is 113 cm³/mol. The largest absolute Gasteiger partial charge is 0.356 e. The molecule has 1 atom stereocenters. The fraction of sp³-hybridized carbons (Fsp3) is 0.611. The molecule has 0 amide bonds. The van der Waals surface area contributed by atoms with E-state index in [0.29, 0.717) is 25.6 Å². The molecule has 26 heavy (non-hydrogen) atoms. The minimum Gasteiger partial charge on any atom is -0.356 e. The Bertz CT molecular complexity index is 704. The van der Waals surface area contributed by atoms with Crippen molar-refractivity contribution in [2.75, 3.05) is 18.1 Å². The minimum atomic E-state index is -2.86. The summed E-state index contributed by atoms with van der Waals surface area (Å²) in [6.07, 6.45) is 5.43. The molecule has 2 fully saturated rings. The van der Waals surface area contributed by atoms with E-state index in [2.05, 4.69) is 15.6 Å². The fourth-order valence-corrected chi connectivity index (χ4v) is 5.31. The number of halogens is 2. The summed E-state index contributed by atoms with van der Waals surface area (Å²) >= 11 is 0. The summed E-state index contributed by atoms with van der Waals surface area (Å²) in [5.74, 6) is 1.16. The molecule has 0 radical (unpaired) electrons. The molecule has 1 saturated heterocycles. The first-order valence-corrected chi connectivity index (χ1v) is 10.8. The predicted octanol–water partition coefficient (Wildman–Crippen LogP) is 2.86. The van der Waals surface area contributed by atoms with E-state index in [-0.39, 0.29) is 47.2 Å². The molecular weight excluding hydrogens is 468 g/mol. The van der Waals surface area contributed by atoms with E-state index >= 15 is 0 Å². The highest BCUT2D eigenvalue weighted by atomic mass is 127. The summed E-state index contributed by atoms with van der Waals surface area (Å²) in [6, 6.07) is 6.76. The third-order valence-electron chi connectivity index (χ3n) is 4.91. The molecule has 1 aliphatic heterocycles. The zero-order valence-corrected chi connectivity index (χ0v) is 17.9. The highest BCUT2D eigenvalue weighted by Gasteiger charge is 2.28. The lowest BCUT2D eigenvalue weighted by Gasteiger charge is -2.19. The van der Waals surface area contributed by atoms with Crippen LogP contribution in [0.25, 0.3) is 0 Å². The highest BCUT2D eigenvalue weighted by Crippen LogP contribution is 2.19. The maximum Gasteiger partial charge on any atom is 0.191 e. The van der Waals surface area contributed by atoms with Crippen LogP contribution in [0.1, 0.15) is 37.7 Å². The number of aliphatic imine (C=N–C) groups is 1. The fourth-order valence-electron chi connectivity index (χ4n) is 3.45. The van der Waals surface area contributed by atoms with Crippen LogP contribution in [0, 0.1) is 11.7 Å². The average Bonchev–Trinajstić information content (AvgIpc) is 3.20. The second-order valence-electron chi connectivity index (χ2n) is 7.07. The van der Waals surface area contributed by atoms with Crippen LogP contribution >= 0.6 is 24.0 Å². The number of hydrogen-bond donors (Lipinski definition) is 2. The number of hydrogen-bond acceptors (Lipinski definition) is 3. The topological polar surface area (TPSA) is 70.6 Å². The molecule has 2 N–H and O–H groups in total. The molecule has 0 aromatic heterocycles. The Kier molecular flexibility index (Phi) is 8.12. The van der Waals surface area contributed by atoms with Gasteiger partial charge < -0.3 is 10.6 Å². The Balaban J connectivity index is 0.00000243. The van der Waals surface area contributed by atoms with Crippen molar-refractivity contribution in [3.05, 3.63) is 35.6 Å². The first-order valence-electron chi connectivity index (χ1n) is 9.00. The normalized spacial score (nSPS) is 22.8. The van der Waals surface area contributed by atoms with Gasteiger partial charge in [-0.3, -0.25) is 0 Å². The summed E-state index contributed by atoms with van der Waals surface area (Å²) in [5, 5.41) is 6.77. The first kappa shape index (κ1) is 21.4. The number of rotatable bonds is 5. The van der Waals surface area contributed by atoms with Gasteiger partial charge in [0, 0.05) is 12.6 Å². The van der Waals surface area contributed by atoms with Gasteiger partial charge in [-0.1, -0.05) is 25.0 Å². The van der Waals surface area contributed by atoms with Crippen molar-refractivity contribution in [3.8, 4) is 0 Å². The smallest absolute Gasteiger partial charge is 0.191 e. The van der Waals surface area contributed by atoms with Gasteiger partial charge >= 0.3 is 0 Å². The second kappa shape index (κ2) is 9.87. The van der Waals surface area contributed by atoms with Gasteiger partial charge in [-0.25, -0.2) is 17.8 Å². The molecule has 0 spiro atoms. The average molecular weight is 495 g/mol. The summed E-state index contributed by atoms with van der Waals surface area (Å²) < 4.78 is 36.2. The SMILES string of the molecule is I.O=S1(=O)CCC(CNC(=NCc2ccc(F)cc2)NC2CCCC2)C1. The second-order valence-corrected chi connectivity index (χ2v) is 9.30. The summed E-state index contributed by atoms with van der Waals surface area (Å²) in [5.41, 5.74) is 0.942. The van der Waals surface area contributed by atoms with E-state index in [4.69, 9.17) is 0 Å². The van der Waals surface area contributed by atoms with Crippen molar-refractivity contribution in [1.82, 2.24) is 10.6 Å². The van der Waals surface area contributed by atoms with Gasteiger partial charge in [-0.05, 0) is 42.9 Å². The van der Waals surface area contributed by atoms with Gasteiger partial charge in [0.05, 0.1) is 18.1 Å². The summed E-state index contributed by atoms with van der Waals surface area (Å²) in [6.45, 7) is 1.08. The molecule has 1 heterocycles. The molecule has 0 bridgehead atoms. The molecule has 1 aromatic rings. The van der Waals surface area contributed by atoms with Crippen molar-refractivity contribution in [3.63, 3.8) is 0 Å². The van der Waals surface area contributed by atoms with Crippen molar-refractivity contribution in [2.45, 2.75) is 44.7 Å². The maximum absolute atomic E-state index is 13.0. The molecule has 5 nitrogen and oxygen atoms in total. The van der Waals surface area contributed by atoms with Crippen LogP contribution in [0.4, 0.5) is 4.39 Å². The molecule has 146 valence electrons. The Morgan fingerprint density at radius 2 is 1.85 bits per heavy atom. The zero-order valence-electron chi connectivity index (χ0n) is 14.8. The summed E-state index contributed by atoms with van der Waals surface area (Å²) in [4.78, 5) is 4.61. The van der Waals surface area contributed by atoms with Crippen LogP contribution in [0.2, 0.25) is 0 Å². The Labute approximate surface area is 172 Å². The van der Waals surface area contributed by atoms with Gasteiger partial charge in [0.1, 0.15) is 5.82 Å². The molecule has 2 aliphatic rings. The highest BCUT2D eigenvalue weighted by molar-refractivity contribution is 14.0. The van der Waals surface area contributed by atoms with Gasteiger partial charge in [-0.2, -0.15) is 0 Å². The van der Waals surface area contributed by atoms with Crippen LogP contribution in [0.5, 0.6) is 0 Å². The van der Waals surface area contributed by atoms with Crippen LogP contribution in [0.3, 0.4) is 0 Å². The van der Waals surface area contributed by atoms with E-state index in [9.17, 15) is 12.8 Å². The van der Waals surface area contributed by atoms with E-state index in [1.165, 1.54) is 25.0 Å². The zero-order chi connectivity index (χ0) is 17.7. The van der Waals surface area contributed by atoms with Crippen molar-refractivity contribution in [1.29, 1.82) is 0 Å². The lowest BCUT2D eigenvalue weighted by atomic mass is 10.1. The van der Waals surface area contributed by atoms with E-state index in [1.54, 1.807) is 12.1 Å². The lowest BCUT2D eigenvalue weighted by molar-refractivity contribution is 0.553. The third kappa shape index (κ3) is 6.68. The molecule has 3 rings (SSSR count). The third-order valence-corrected chi connectivity index (χ3v) is 6.75. The van der Waals surface area contributed by atoms with Gasteiger partial charge in [0.15, 0.2) is 15.8 Å². The van der Waals surface area contributed by atoms with Gasteiger partial charge in [-0.15, -0.1) is 24.0 Å². The molecule has 1 saturated carbocycles. The number of nitrogens with one attached hydrogen (secondary N) is 2. The van der Waals surface area contributed by atoms with Crippen LogP contribution in [0.15, 0.2) is 29.3 Å². The van der Waals surface area contributed by atoms with Gasteiger partial charge in [0.25, 0.3) is 0 Å². The standard InChI is InChI=1S/C18H26FN3O2S.HI/c19-16-7-5-14(6-8-16)11-20-18(22-17-3-1-2-4-17)21-12-15-9-10-25(23,24)13-15;/h5-8,15,17H,1-4,9-13H2,(H2,20,21,22);1H. The molecule has 1 aromatic carbocycles. The quantitative estimate of drug-likeness (QED) is 0.375. The van der Waals surface area contributed by atoms with Gasteiger partial charge in [0.2, 0.25) is 0 Å². The summed E-state index contributed by atoms with van der Waals surface area (Å²) in [7, 11) is -2.86. The molecule has 1 unspecified atom stereocenters.